The van der Waals surface area contributed by atoms with Crippen LogP contribution in [0.3, 0.4) is 0 Å². The van der Waals surface area contributed by atoms with Crippen LogP contribution in [0.15, 0.2) is 0 Å². The van der Waals surface area contributed by atoms with Gasteiger partial charge in [0, 0.05) is 0 Å². The molecule has 0 aliphatic heterocycles. The molecule has 0 atom stereocenters. The van der Waals surface area contributed by atoms with Gasteiger partial charge in [-0.2, -0.15) is 0 Å². The maximum atomic E-state index is 5.02. The molecule has 0 spiro atoms. The Morgan fingerprint density at radius 2 is 1.14 bits per heavy atom. The zero-order chi connectivity index (χ0) is 10.5. The average Bonchev–Trinajstić information content (AvgIpc) is 2.21. The molecule has 0 aromatic rings. The third kappa shape index (κ3) is 12.6. The van der Waals surface area contributed by atoms with Crippen LogP contribution in [0.1, 0.15) is 71.1 Å². The Labute approximate surface area is 101 Å². The molecule has 0 fully saturated rings. The summed E-state index contributed by atoms with van der Waals surface area (Å²) in [5.41, 5.74) is 0. The Kier molecular flexibility index (Phi) is 14.3. The molecule has 0 bridgehead atoms. The molecule has 0 N–H and O–H groups in total. The van der Waals surface area contributed by atoms with Crippen molar-refractivity contribution in [1.82, 2.24) is 0 Å². The monoisotopic (exact) mass is 283 g/mol. The van der Waals surface area contributed by atoms with Crippen LogP contribution in [-0.4, -0.2) is 6.61 Å². The van der Waals surface area contributed by atoms with E-state index in [1.807, 2.05) is 0 Å². The zero-order valence-corrected chi connectivity index (χ0v) is 11.6. The van der Waals surface area contributed by atoms with Crippen molar-refractivity contribution in [3.8, 4) is 0 Å². The number of hydrogen-bond donors (Lipinski definition) is 0. The third-order valence-corrected chi connectivity index (χ3v) is 2.99. The van der Waals surface area contributed by atoms with E-state index in [1.165, 1.54) is 64.2 Å². The molecule has 0 aliphatic carbocycles. The van der Waals surface area contributed by atoms with Crippen LogP contribution >= 0.6 is 0 Å². The molecule has 0 amide bonds. The fraction of sp³-hybridized carbons (Fsp3) is 1.00. The molecule has 2 heteroatoms. The van der Waals surface area contributed by atoms with Crippen LogP contribution in [0.4, 0.5) is 0 Å². The van der Waals surface area contributed by atoms with E-state index in [1.54, 1.807) is 20.2 Å². The van der Waals surface area contributed by atoms with Crippen LogP contribution in [0.2, 0.25) is 0 Å². The normalized spacial score (nSPS) is 10.6. The average molecular weight is 281 g/mol. The summed E-state index contributed by atoms with van der Waals surface area (Å²) < 4.78 is 5.02. The van der Waals surface area contributed by atoms with Crippen molar-refractivity contribution in [3.05, 3.63) is 0 Å². The Morgan fingerprint density at radius 1 is 0.714 bits per heavy atom. The summed E-state index contributed by atoms with van der Waals surface area (Å²) in [4.78, 5) is 0. The molecular formula is C12H25MoO. The van der Waals surface area contributed by atoms with E-state index in [9.17, 15) is 0 Å². The van der Waals surface area contributed by atoms with Gasteiger partial charge in [-0.3, -0.25) is 0 Å². The minimum atomic E-state index is 0.945. The van der Waals surface area contributed by atoms with Gasteiger partial charge in [0.15, 0.2) is 0 Å². The molecule has 0 aromatic carbocycles. The van der Waals surface area contributed by atoms with Crippen molar-refractivity contribution in [2.24, 2.45) is 0 Å². The zero-order valence-electron chi connectivity index (χ0n) is 9.59. The molecule has 0 aliphatic rings. The summed E-state index contributed by atoms with van der Waals surface area (Å²) in [6.07, 6.45) is 14.0. The van der Waals surface area contributed by atoms with Crippen LogP contribution in [0, 0.1) is 0 Å². The topological polar surface area (TPSA) is 9.23 Å². The van der Waals surface area contributed by atoms with Gasteiger partial charge in [-0.05, 0) is 0 Å². The van der Waals surface area contributed by atoms with E-state index in [2.05, 4.69) is 6.92 Å². The van der Waals surface area contributed by atoms with Crippen molar-refractivity contribution in [1.29, 1.82) is 0 Å². The molecule has 0 heterocycles. The second kappa shape index (κ2) is 13.6. The van der Waals surface area contributed by atoms with Crippen molar-refractivity contribution < 1.29 is 23.6 Å². The summed E-state index contributed by atoms with van der Waals surface area (Å²) in [7, 11) is 0. The quantitative estimate of drug-likeness (QED) is 0.403. The first-order valence-corrected chi connectivity index (χ1v) is 6.98. The Bertz CT molecular complexity index is 84.3. The number of unbranched alkanes of at least 4 members (excludes halogenated alkanes) is 9. The fourth-order valence-electron chi connectivity index (χ4n) is 1.65. The molecule has 14 heavy (non-hydrogen) atoms. The first kappa shape index (κ1) is 14.6. The van der Waals surface area contributed by atoms with Gasteiger partial charge in [0.05, 0.1) is 0 Å². The molecule has 1 nitrogen and oxygen atoms in total. The molecule has 0 aromatic heterocycles. The Balaban J connectivity index is 2.78. The van der Waals surface area contributed by atoms with Gasteiger partial charge in [0.25, 0.3) is 0 Å². The third-order valence-electron chi connectivity index (χ3n) is 2.58. The van der Waals surface area contributed by atoms with E-state index < -0.39 is 0 Å². The predicted molar refractivity (Wildman–Crippen MR) is 57.8 cm³/mol. The van der Waals surface area contributed by atoms with Gasteiger partial charge < -0.3 is 0 Å². The number of hydrogen-bond acceptors (Lipinski definition) is 1. The first-order valence-electron chi connectivity index (χ1n) is 6.16. The second-order valence-electron chi connectivity index (χ2n) is 4.00. The van der Waals surface area contributed by atoms with Crippen molar-refractivity contribution in [3.63, 3.8) is 0 Å². The minimum absolute atomic E-state index is 0.945. The van der Waals surface area contributed by atoms with E-state index in [0.717, 1.165) is 6.61 Å². The maximum absolute atomic E-state index is 5.02. The summed E-state index contributed by atoms with van der Waals surface area (Å²) in [6.45, 7) is 3.22. The number of rotatable bonds is 11. The fourth-order valence-corrected chi connectivity index (χ4v) is 1.94. The summed E-state index contributed by atoms with van der Waals surface area (Å²) in [5, 5.41) is 0. The van der Waals surface area contributed by atoms with Crippen LogP contribution in [-0.2, 0) is 23.6 Å². The van der Waals surface area contributed by atoms with Crippen LogP contribution in [0.5, 0.6) is 0 Å². The standard InChI is InChI=1S/C12H25O.Mo/c1-2-3-4-5-6-7-8-9-10-11-12-13;/h2-12H2,1H3;/q-1;+1. The summed E-state index contributed by atoms with van der Waals surface area (Å²) >= 11 is 1.72. The van der Waals surface area contributed by atoms with Crippen molar-refractivity contribution in [2.75, 3.05) is 6.61 Å². The molecule has 0 unspecified atom stereocenters. The van der Waals surface area contributed by atoms with Crippen molar-refractivity contribution >= 4 is 0 Å². The van der Waals surface area contributed by atoms with E-state index in [0.29, 0.717) is 0 Å². The predicted octanol–water partition coefficient (Wildman–Crippen LogP) is 4.39. The Morgan fingerprint density at radius 3 is 1.57 bits per heavy atom. The molecule has 0 saturated carbocycles. The first-order chi connectivity index (χ1) is 6.91. The molecule has 85 valence electrons. The molecule has 0 rings (SSSR count). The van der Waals surface area contributed by atoms with Gasteiger partial charge >= 0.3 is 94.4 Å². The van der Waals surface area contributed by atoms with Gasteiger partial charge in [0.2, 0.25) is 0 Å². The Hall–Kier alpha value is 0.648. The molecular weight excluding hydrogens is 256 g/mol. The molecule has 0 radical (unpaired) electrons. The van der Waals surface area contributed by atoms with Gasteiger partial charge in [-0.15, -0.1) is 0 Å². The van der Waals surface area contributed by atoms with Crippen molar-refractivity contribution in [2.45, 2.75) is 71.1 Å². The molecule has 0 saturated heterocycles. The SMILES string of the molecule is CCCCCCCCCCCC[O][Mo]. The van der Waals surface area contributed by atoms with Crippen LogP contribution < -0.4 is 0 Å². The van der Waals surface area contributed by atoms with E-state index >= 15 is 0 Å². The van der Waals surface area contributed by atoms with E-state index in [4.69, 9.17) is 3.39 Å². The second-order valence-corrected chi connectivity index (χ2v) is 4.58. The van der Waals surface area contributed by atoms with Crippen LogP contribution in [0.25, 0.3) is 0 Å². The van der Waals surface area contributed by atoms with Gasteiger partial charge in [0.1, 0.15) is 0 Å². The van der Waals surface area contributed by atoms with Gasteiger partial charge in [-0.25, -0.2) is 0 Å². The summed E-state index contributed by atoms with van der Waals surface area (Å²) in [5.74, 6) is 0. The van der Waals surface area contributed by atoms with E-state index in [-0.39, 0.29) is 0 Å². The van der Waals surface area contributed by atoms with Gasteiger partial charge in [-0.1, -0.05) is 6.92 Å². The summed E-state index contributed by atoms with van der Waals surface area (Å²) in [6, 6.07) is 0.